The van der Waals surface area contributed by atoms with Gasteiger partial charge in [0.1, 0.15) is 5.54 Å². The average molecular weight is 321 g/mol. The molecule has 0 spiro atoms. The molecule has 5 nitrogen and oxygen atoms in total. The second-order valence-corrected chi connectivity index (χ2v) is 7.48. The van der Waals surface area contributed by atoms with Gasteiger partial charge in [-0.3, -0.25) is 4.79 Å². The number of carboxylic acids is 1. The topological polar surface area (TPSA) is 86.6 Å². The first-order valence-electron chi connectivity index (χ1n) is 8.88. The Morgan fingerprint density at radius 2 is 2.04 bits per heavy atom. The summed E-state index contributed by atoms with van der Waals surface area (Å²) in [6, 6.07) is 0. The second-order valence-electron chi connectivity index (χ2n) is 7.48. The number of carboxylic acid groups (broad SMARTS) is 1. The fraction of sp³-hybridized carbons (Fsp3) is 0.778. The molecular formula is C18H27NO4. The van der Waals surface area contributed by atoms with Crippen molar-refractivity contribution in [2.24, 2.45) is 23.7 Å². The fourth-order valence-corrected chi connectivity index (χ4v) is 4.64. The molecule has 6 atom stereocenters. The highest BCUT2D eigenvalue weighted by molar-refractivity contribution is 5.99. The third kappa shape index (κ3) is 2.69. The maximum atomic E-state index is 12.8. The second kappa shape index (κ2) is 5.93. The van der Waals surface area contributed by atoms with Crippen LogP contribution in [0.1, 0.15) is 52.4 Å². The van der Waals surface area contributed by atoms with Gasteiger partial charge >= 0.3 is 5.97 Å². The van der Waals surface area contributed by atoms with E-state index in [4.69, 9.17) is 0 Å². The Morgan fingerprint density at radius 1 is 1.30 bits per heavy atom. The van der Waals surface area contributed by atoms with E-state index in [0.29, 0.717) is 17.9 Å². The van der Waals surface area contributed by atoms with Gasteiger partial charge in [0.05, 0.1) is 6.10 Å². The summed E-state index contributed by atoms with van der Waals surface area (Å²) in [4.78, 5) is 24.4. The van der Waals surface area contributed by atoms with E-state index in [1.165, 1.54) is 0 Å². The van der Waals surface area contributed by atoms with Gasteiger partial charge in [-0.15, -0.1) is 0 Å². The highest BCUT2D eigenvalue weighted by atomic mass is 16.4. The number of rotatable bonds is 5. The number of amides is 1. The van der Waals surface area contributed by atoms with Gasteiger partial charge in [-0.05, 0) is 55.8 Å². The van der Waals surface area contributed by atoms with Gasteiger partial charge in [0, 0.05) is 5.57 Å². The van der Waals surface area contributed by atoms with Crippen LogP contribution in [0, 0.1) is 23.7 Å². The van der Waals surface area contributed by atoms with Gasteiger partial charge in [0.2, 0.25) is 5.91 Å². The number of carbonyl (C=O) groups is 2. The molecule has 3 aliphatic rings. The number of allylic oxidation sites excluding steroid dienone is 1. The molecule has 0 saturated heterocycles. The van der Waals surface area contributed by atoms with Gasteiger partial charge in [-0.25, -0.2) is 4.79 Å². The minimum Gasteiger partial charge on any atom is -0.479 e. The van der Waals surface area contributed by atoms with Gasteiger partial charge in [-0.2, -0.15) is 0 Å². The molecule has 3 aliphatic carbocycles. The molecule has 23 heavy (non-hydrogen) atoms. The average Bonchev–Trinajstić information content (AvgIpc) is 3.14. The standard InChI is InChI=1S/C18H27NO4/c1-3-10-7-13-12(5-6-15(13)20)14(8-10)16(21)19-18(17(22)23)9-11(18)4-2/h8,10-13,15,20H,3-7,9H2,1-2H3,(H,19,21)(H,22,23)/t10-,11+,12+,13+,15-,18+/m1/s1. The number of aliphatic carboxylic acids is 1. The number of aliphatic hydroxyl groups is 1. The number of nitrogens with one attached hydrogen (secondary N) is 1. The van der Waals surface area contributed by atoms with E-state index in [9.17, 15) is 19.8 Å². The molecular weight excluding hydrogens is 294 g/mol. The molecule has 128 valence electrons. The lowest BCUT2D eigenvalue weighted by Crippen LogP contribution is -2.47. The molecule has 0 aromatic heterocycles. The van der Waals surface area contributed by atoms with Crippen LogP contribution >= 0.6 is 0 Å². The van der Waals surface area contributed by atoms with E-state index >= 15 is 0 Å². The predicted octanol–water partition coefficient (Wildman–Crippen LogP) is 2.10. The van der Waals surface area contributed by atoms with Crippen LogP contribution in [0.25, 0.3) is 0 Å². The molecule has 0 bridgehead atoms. The minimum atomic E-state index is -1.07. The monoisotopic (exact) mass is 321 g/mol. The van der Waals surface area contributed by atoms with Crippen molar-refractivity contribution < 1.29 is 19.8 Å². The molecule has 0 radical (unpaired) electrons. The Morgan fingerprint density at radius 3 is 2.61 bits per heavy atom. The first-order chi connectivity index (χ1) is 10.9. The summed E-state index contributed by atoms with van der Waals surface area (Å²) in [5.41, 5.74) is -0.356. The van der Waals surface area contributed by atoms with Crippen LogP contribution in [0.4, 0.5) is 0 Å². The third-order valence-corrected chi connectivity index (χ3v) is 6.28. The van der Waals surface area contributed by atoms with Gasteiger partial charge < -0.3 is 15.5 Å². The molecule has 0 unspecified atom stereocenters. The van der Waals surface area contributed by atoms with E-state index in [2.05, 4.69) is 12.2 Å². The van der Waals surface area contributed by atoms with E-state index in [-0.39, 0.29) is 29.8 Å². The summed E-state index contributed by atoms with van der Waals surface area (Å²) in [5.74, 6) is -0.605. The predicted molar refractivity (Wildman–Crippen MR) is 85.6 cm³/mol. The molecule has 2 fully saturated rings. The van der Waals surface area contributed by atoms with Crippen molar-refractivity contribution in [2.45, 2.75) is 64.0 Å². The summed E-state index contributed by atoms with van der Waals surface area (Å²) < 4.78 is 0. The number of fused-ring (bicyclic) bond motifs is 1. The number of aliphatic hydroxyl groups excluding tert-OH is 1. The highest BCUT2D eigenvalue weighted by Crippen LogP contribution is 2.48. The summed E-state index contributed by atoms with van der Waals surface area (Å²) in [7, 11) is 0. The summed E-state index contributed by atoms with van der Waals surface area (Å²) in [5, 5.41) is 22.5. The Hall–Kier alpha value is -1.36. The summed E-state index contributed by atoms with van der Waals surface area (Å²) >= 11 is 0. The van der Waals surface area contributed by atoms with E-state index < -0.39 is 11.5 Å². The Kier molecular flexibility index (Phi) is 4.25. The third-order valence-electron chi connectivity index (χ3n) is 6.28. The Balaban J connectivity index is 1.80. The lowest BCUT2D eigenvalue weighted by Gasteiger charge is -2.32. The molecule has 1 amide bonds. The smallest absolute Gasteiger partial charge is 0.329 e. The number of carbonyl (C=O) groups excluding carboxylic acids is 1. The molecule has 3 rings (SSSR count). The SMILES string of the molecule is CC[C@H]1C=C(C(=O)N[C@@]2(C(=O)O)C[C@@H]2CC)[C@H]2CC[C@@H](O)[C@H]2C1. The van der Waals surface area contributed by atoms with Crippen molar-refractivity contribution in [1.82, 2.24) is 5.32 Å². The molecule has 5 heteroatoms. The van der Waals surface area contributed by atoms with Crippen molar-refractivity contribution in [3.05, 3.63) is 11.6 Å². The number of hydrogen-bond acceptors (Lipinski definition) is 3. The van der Waals surface area contributed by atoms with Crippen LogP contribution in [0.15, 0.2) is 11.6 Å². The fourth-order valence-electron chi connectivity index (χ4n) is 4.64. The molecule has 0 aromatic carbocycles. The normalized spacial score (nSPS) is 41.9. The van der Waals surface area contributed by atoms with Crippen molar-refractivity contribution in [3.8, 4) is 0 Å². The quantitative estimate of drug-likeness (QED) is 0.724. The van der Waals surface area contributed by atoms with Crippen LogP contribution in [0.5, 0.6) is 0 Å². The van der Waals surface area contributed by atoms with Gasteiger partial charge in [-0.1, -0.05) is 26.3 Å². The van der Waals surface area contributed by atoms with Crippen molar-refractivity contribution in [2.75, 3.05) is 0 Å². The van der Waals surface area contributed by atoms with E-state index in [1.54, 1.807) is 0 Å². The Bertz CT molecular complexity index is 543. The maximum absolute atomic E-state index is 12.8. The Labute approximate surface area is 137 Å². The van der Waals surface area contributed by atoms with Crippen LogP contribution < -0.4 is 5.32 Å². The molecule has 3 N–H and O–H groups in total. The number of hydrogen-bond donors (Lipinski definition) is 3. The maximum Gasteiger partial charge on any atom is 0.329 e. The lowest BCUT2D eigenvalue weighted by molar-refractivity contribution is -0.143. The van der Waals surface area contributed by atoms with E-state index in [1.807, 2.05) is 13.0 Å². The van der Waals surface area contributed by atoms with Crippen LogP contribution in [-0.2, 0) is 9.59 Å². The minimum absolute atomic E-state index is 0.0278. The molecule has 0 heterocycles. The zero-order chi connectivity index (χ0) is 16.8. The highest BCUT2D eigenvalue weighted by Gasteiger charge is 2.61. The van der Waals surface area contributed by atoms with Gasteiger partial charge in [0.25, 0.3) is 0 Å². The molecule has 0 aromatic rings. The van der Waals surface area contributed by atoms with E-state index in [0.717, 1.165) is 32.1 Å². The molecule has 2 saturated carbocycles. The molecule has 0 aliphatic heterocycles. The van der Waals surface area contributed by atoms with Crippen LogP contribution in [0.2, 0.25) is 0 Å². The van der Waals surface area contributed by atoms with Crippen molar-refractivity contribution in [1.29, 1.82) is 0 Å². The largest absolute Gasteiger partial charge is 0.479 e. The van der Waals surface area contributed by atoms with Crippen LogP contribution in [-0.4, -0.2) is 33.7 Å². The van der Waals surface area contributed by atoms with Crippen molar-refractivity contribution >= 4 is 11.9 Å². The first kappa shape index (κ1) is 16.5. The summed E-state index contributed by atoms with van der Waals surface area (Å²) in [6.07, 6.45) is 6.41. The zero-order valence-corrected chi connectivity index (χ0v) is 13.9. The summed E-state index contributed by atoms with van der Waals surface area (Å²) in [6.45, 7) is 4.04. The lowest BCUT2D eigenvalue weighted by atomic mass is 9.74. The van der Waals surface area contributed by atoms with Crippen LogP contribution in [0.3, 0.4) is 0 Å². The zero-order valence-electron chi connectivity index (χ0n) is 13.9. The first-order valence-corrected chi connectivity index (χ1v) is 8.88. The van der Waals surface area contributed by atoms with Crippen molar-refractivity contribution in [3.63, 3.8) is 0 Å². The van der Waals surface area contributed by atoms with Gasteiger partial charge in [0.15, 0.2) is 0 Å².